The highest BCUT2D eigenvalue weighted by Crippen LogP contribution is 2.28. The first-order valence-electron chi connectivity index (χ1n) is 7.65. The molecule has 0 spiro atoms. The number of esters is 1. The van der Waals surface area contributed by atoms with Crippen LogP contribution in [0.1, 0.15) is 43.0 Å². The highest BCUT2D eigenvalue weighted by molar-refractivity contribution is 6.37. The van der Waals surface area contributed by atoms with Crippen molar-refractivity contribution in [3.8, 4) is 0 Å². The molecule has 1 aromatic carbocycles. The monoisotopic (exact) mass is 358 g/mol. The summed E-state index contributed by atoms with van der Waals surface area (Å²) in [6, 6.07) is 3.05. The highest BCUT2D eigenvalue weighted by atomic mass is 35.5. The van der Waals surface area contributed by atoms with Crippen LogP contribution in [0.4, 0.5) is 5.69 Å². The number of carbonyl (C=O) groups excluding carboxylic acids is 2. The fourth-order valence-corrected chi connectivity index (χ4v) is 3.29. The van der Waals surface area contributed by atoms with Crippen LogP contribution in [0.15, 0.2) is 12.1 Å². The lowest BCUT2D eigenvalue weighted by atomic mass is 10.00. The molecular formula is C16H20Cl2N2O3. The molecule has 0 aliphatic carbocycles. The van der Waals surface area contributed by atoms with Gasteiger partial charge in [0.1, 0.15) is 0 Å². The average Bonchev–Trinajstić information content (AvgIpc) is 2.55. The SMILES string of the molecule is CC[C@@H]1CCCCN1C(=O)COC(=O)c1cc(Cl)cc(Cl)c1N. The zero-order chi connectivity index (χ0) is 17.0. The molecule has 0 aromatic heterocycles. The van der Waals surface area contributed by atoms with E-state index in [0.717, 1.165) is 25.7 Å². The summed E-state index contributed by atoms with van der Waals surface area (Å²) < 4.78 is 5.10. The second kappa shape index (κ2) is 7.88. The Morgan fingerprint density at radius 1 is 1.35 bits per heavy atom. The molecule has 23 heavy (non-hydrogen) atoms. The topological polar surface area (TPSA) is 72.6 Å². The van der Waals surface area contributed by atoms with Crippen LogP contribution >= 0.6 is 23.2 Å². The number of hydrogen-bond donors (Lipinski definition) is 1. The van der Waals surface area contributed by atoms with Crippen molar-refractivity contribution < 1.29 is 14.3 Å². The summed E-state index contributed by atoms with van der Waals surface area (Å²) in [7, 11) is 0. The molecule has 126 valence electrons. The number of amides is 1. The number of halogens is 2. The summed E-state index contributed by atoms with van der Waals surface area (Å²) in [5, 5.41) is 0.461. The van der Waals surface area contributed by atoms with Crippen molar-refractivity contribution in [3.63, 3.8) is 0 Å². The van der Waals surface area contributed by atoms with Crippen LogP contribution in [0, 0.1) is 0 Å². The van der Waals surface area contributed by atoms with Gasteiger partial charge < -0.3 is 15.4 Å². The molecule has 5 nitrogen and oxygen atoms in total. The minimum absolute atomic E-state index is 0.0704. The van der Waals surface area contributed by atoms with Crippen LogP contribution in [0.3, 0.4) is 0 Å². The van der Waals surface area contributed by atoms with E-state index in [1.807, 2.05) is 0 Å². The predicted octanol–water partition coefficient (Wildman–Crippen LogP) is 3.52. The molecule has 2 rings (SSSR count). The molecule has 1 saturated heterocycles. The van der Waals surface area contributed by atoms with Crippen molar-refractivity contribution in [2.24, 2.45) is 0 Å². The van der Waals surface area contributed by atoms with Crippen LogP contribution in [0.2, 0.25) is 10.0 Å². The van der Waals surface area contributed by atoms with E-state index in [2.05, 4.69) is 6.92 Å². The quantitative estimate of drug-likeness (QED) is 0.659. The van der Waals surface area contributed by atoms with E-state index in [4.69, 9.17) is 33.7 Å². The number of ether oxygens (including phenoxy) is 1. The van der Waals surface area contributed by atoms with Crippen molar-refractivity contribution in [2.45, 2.75) is 38.6 Å². The third-order valence-corrected chi connectivity index (χ3v) is 4.59. The minimum atomic E-state index is -0.703. The Balaban J connectivity index is 2.00. The van der Waals surface area contributed by atoms with Crippen LogP contribution < -0.4 is 5.73 Å². The van der Waals surface area contributed by atoms with E-state index >= 15 is 0 Å². The normalized spacial score (nSPS) is 17.9. The lowest BCUT2D eigenvalue weighted by Crippen LogP contribution is -2.45. The molecule has 0 bridgehead atoms. The molecule has 0 unspecified atom stereocenters. The number of piperidine rings is 1. The third-order valence-electron chi connectivity index (χ3n) is 4.06. The van der Waals surface area contributed by atoms with E-state index in [1.54, 1.807) is 4.90 Å². The lowest BCUT2D eigenvalue weighted by Gasteiger charge is -2.35. The maximum absolute atomic E-state index is 12.3. The van der Waals surface area contributed by atoms with Crippen molar-refractivity contribution in [2.75, 3.05) is 18.9 Å². The van der Waals surface area contributed by atoms with Gasteiger partial charge in [0.25, 0.3) is 5.91 Å². The minimum Gasteiger partial charge on any atom is -0.452 e. The summed E-state index contributed by atoms with van der Waals surface area (Å²) in [6.45, 7) is 2.45. The van der Waals surface area contributed by atoms with E-state index in [1.165, 1.54) is 12.1 Å². The van der Waals surface area contributed by atoms with Crippen molar-refractivity contribution in [3.05, 3.63) is 27.7 Å². The first kappa shape index (κ1) is 17.9. The van der Waals surface area contributed by atoms with E-state index in [9.17, 15) is 9.59 Å². The Labute approximate surface area is 145 Å². The molecule has 0 radical (unpaired) electrons. The van der Waals surface area contributed by atoms with Gasteiger partial charge in [-0.25, -0.2) is 4.79 Å². The van der Waals surface area contributed by atoms with E-state index in [0.29, 0.717) is 6.54 Å². The van der Waals surface area contributed by atoms with Gasteiger partial charge >= 0.3 is 5.97 Å². The van der Waals surface area contributed by atoms with Gasteiger partial charge in [-0.2, -0.15) is 0 Å². The lowest BCUT2D eigenvalue weighted by molar-refractivity contribution is -0.138. The van der Waals surface area contributed by atoms with E-state index < -0.39 is 5.97 Å². The number of nitrogens with two attached hydrogens (primary N) is 1. The summed E-state index contributed by atoms with van der Waals surface area (Å²) in [6.07, 6.45) is 4.00. The zero-order valence-corrected chi connectivity index (χ0v) is 14.5. The first-order valence-corrected chi connectivity index (χ1v) is 8.40. The number of rotatable bonds is 4. The molecule has 1 aliphatic rings. The zero-order valence-electron chi connectivity index (χ0n) is 13.0. The second-order valence-electron chi connectivity index (χ2n) is 5.57. The van der Waals surface area contributed by atoms with Gasteiger partial charge in [0.05, 0.1) is 16.3 Å². The van der Waals surface area contributed by atoms with Crippen molar-refractivity contribution >= 4 is 40.8 Å². The Bertz CT molecular complexity index is 607. The number of nitrogen functional groups attached to an aromatic ring is 1. The third kappa shape index (κ3) is 4.30. The molecule has 1 heterocycles. The number of carbonyl (C=O) groups is 2. The molecule has 1 aliphatic heterocycles. The van der Waals surface area contributed by atoms with Gasteiger partial charge in [0.15, 0.2) is 6.61 Å². The number of anilines is 1. The van der Waals surface area contributed by atoms with Crippen molar-refractivity contribution in [1.29, 1.82) is 0 Å². The summed E-state index contributed by atoms with van der Waals surface area (Å²) >= 11 is 11.8. The smallest absolute Gasteiger partial charge is 0.340 e. The number of benzene rings is 1. The fourth-order valence-electron chi connectivity index (χ4n) is 2.79. The summed E-state index contributed by atoms with van der Waals surface area (Å²) in [5.74, 6) is -0.887. The van der Waals surface area contributed by atoms with Crippen LogP contribution in [-0.2, 0) is 9.53 Å². The maximum atomic E-state index is 12.3. The molecule has 2 N–H and O–H groups in total. The fraction of sp³-hybridized carbons (Fsp3) is 0.500. The molecule has 0 saturated carbocycles. The number of likely N-dealkylation sites (tertiary alicyclic amines) is 1. The van der Waals surface area contributed by atoms with Crippen LogP contribution in [0.5, 0.6) is 0 Å². The predicted molar refractivity (Wildman–Crippen MR) is 90.8 cm³/mol. The molecule has 1 atom stereocenters. The van der Waals surface area contributed by atoms with Gasteiger partial charge in [-0.15, -0.1) is 0 Å². The second-order valence-corrected chi connectivity index (χ2v) is 6.41. The van der Waals surface area contributed by atoms with Gasteiger partial charge in [0, 0.05) is 17.6 Å². The molecule has 1 fully saturated rings. The van der Waals surface area contributed by atoms with Crippen LogP contribution in [-0.4, -0.2) is 36.0 Å². The first-order chi connectivity index (χ1) is 10.9. The number of nitrogens with zero attached hydrogens (tertiary/aromatic N) is 1. The van der Waals surface area contributed by atoms with Gasteiger partial charge in [-0.1, -0.05) is 30.1 Å². The largest absolute Gasteiger partial charge is 0.452 e. The molecule has 1 aromatic rings. The Hall–Kier alpha value is -1.46. The van der Waals surface area contributed by atoms with Gasteiger partial charge in [-0.05, 0) is 37.8 Å². The summed E-state index contributed by atoms with van der Waals surface area (Å²) in [5.41, 5.74) is 5.92. The van der Waals surface area contributed by atoms with E-state index in [-0.39, 0.29) is 39.9 Å². The molecule has 1 amide bonds. The molecular weight excluding hydrogens is 339 g/mol. The molecule has 7 heteroatoms. The standard InChI is InChI=1S/C16H20Cl2N2O3/c1-2-11-5-3-4-6-20(11)14(21)9-23-16(22)12-7-10(17)8-13(18)15(12)19/h7-8,11H,2-6,9,19H2,1H3/t11-/m1/s1. The maximum Gasteiger partial charge on any atom is 0.340 e. The summed E-state index contributed by atoms with van der Waals surface area (Å²) in [4.78, 5) is 26.2. The van der Waals surface area contributed by atoms with Gasteiger partial charge in [-0.3, -0.25) is 4.79 Å². The Morgan fingerprint density at radius 2 is 2.09 bits per heavy atom. The Morgan fingerprint density at radius 3 is 2.78 bits per heavy atom. The Kier molecular flexibility index (Phi) is 6.13. The highest BCUT2D eigenvalue weighted by Gasteiger charge is 2.26. The van der Waals surface area contributed by atoms with Crippen LogP contribution in [0.25, 0.3) is 0 Å². The van der Waals surface area contributed by atoms with Crippen molar-refractivity contribution in [1.82, 2.24) is 4.90 Å². The average molecular weight is 359 g/mol. The van der Waals surface area contributed by atoms with Gasteiger partial charge in [0.2, 0.25) is 0 Å². The number of hydrogen-bond acceptors (Lipinski definition) is 4.